The normalized spacial score (nSPS) is 26.1. The van der Waals surface area contributed by atoms with E-state index in [1.54, 1.807) is 36.4 Å². The van der Waals surface area contributed by atoms with Gasteiger partial charge in [-0.25, -0.2) is 0 Å². The number of anilines is 1. The molecule has 4 atom stereocenters. The number of nitrogens with zero attached hydrogens (tertiary/aromatic N) is 4. The average Bonchev–Trinajstić information content (AvgIpc) is 3.58. The molecule has 2 aliphatic carbocycles. The second-order valence-electron chi connectivity index (χ2n) is 8.67. The minimum absolute atomic E-state index is 0.0174. The van der Waals surface area contributed by atoms with Crippen LogP contribution in [-0.4, -0.2) is 26.9 Å². The van der Waals surface area contributed by atoms with Crippen molar-refractivity contribution in [3.63, 3.8) is 0 Å². The lowest BCUT2D eigenvalue weighted by molar-refractivity contribution is -0.384. The Bertz CT molecular complexity index is 1220. The smallest absolute Gasteiger partial charge is 0.269 e. The SMILES string of the molecule is O=C1C2C3CCC(C3)C2C(=O)N1c1ccc(-c2nc(-c3ccc([N+](=O)[O-])cc3)no2)cc1. The summed E-state index contributed by atoms with van der Waals surface area (Å²) in [6, 6.07) is 12.8. The van der Waals surface area contributed by atoms with Gasteiger partial charge in [-0.1, -0.05) is 5.16 Å². The predicted octanol–water partition coefficient (Wildman–Crippen LogP) is 3.85. The van der Waals surface area contributed by atoms with E-state index < -0.39 is 4.92 Å². The second kappa shape index (κ2) is 6.81. The average molecular weight is 430 g/mol. The summed E-state index contributed by atoms with van der Waals surface area (Å²) < 4.78 is 5.34. The monoisotopic (exact) mass is 430 g/mol. The summed E-state index contributed by atoms with van der Waals surface area (Å²) in [5.74, 6) is 0.841. The Morgan fingerprint density at radius 2 is 1.50 bits per heavy atom. The summed E-state index contributed by atoms with van der Waals surface area (Å²) in [7, 11) is 0. The van der Waals surface area contributed by atoms with Gasteiger partial charge >= 0.3 is 0 Å². The third-order valence-electron chi connectivity index (χ3n) is 7.06. The molecule has 1 saturated heterocycles. The lowest BCUT2D eigenvalue weighted by atomic mass is 9.81. The van der Waals surface area contributed by atoms with Crippen molar-refractivity contribution in [2.24, 2.45) is 23.7 Å². The summed E-state index contributed by atoms with van der Waals surface area (Å²) in [5, 5.41) is 14.8. The summed E-state index contributed by atoms with van der Waals surface area (Å²) in [6.07, 6.45) is 3.10. The van der Waals surface area contributed by atoms with Gasteiger partial charge in [0.15, 0.2) is 0 Å². The van der Waals surface area contributed by atoms with Crippen molar-refractivity contribution in [2.75, 3.05) is 4.90 Å². The van der Waals surface area contributed by atoms with Gasteiger partial charge in [0.2, 0.25) is 17.6 Å². The van der Waals surface area contributed by atoms with Gasteiger partial charge in [-0.05, 0) is 67.5 Å². The molecule has 3 fully saturated rings. The molecule has 2 amide bonds. The third kappa shape index (κ3) is 2.70. The van der Waals surface area contributed by atoms with E-state index in [-0.39, 0.29) is 35.2 Å². The van der Waals surface area contributed by atoms with Crippen molar-refractivity contribution < 1.29 is 19.0 Å². The fourth-order valence-corrected chi connectivity index (χ4v) is 5.61. The zero-order valence-corrected chi connectivity index (χ0v) is 16.9. The number of carbonyl (C=O) groups is 2. The first-order chi connectivity index (χ1) is 15.5. The first kappa shape index (κ1) is 18.9. The highest BCUT2D eigenvalue weighted by Crippen LogP contribution is 2.56. The van der Waals surface area contributed by atoms with E-state index in [1.807, 2.05) is 0 Å². The zero-order chi connectivity index (χ0) is 22.0. The number of hydrogen-bond acceptors (Lipinski definition) is 7. The van der Waals surface area contributed by atoms with Crippen molar-refractivity contribution >= 4 is 23.2 Å². The molecular formula is C23H18N4O5. The number of rotatable bonds is 4. The number of aromatic nitrogens is 2. The molecule has 2 heterocycles. The third-order valence-corrected chi connectivity index (χ3v) is 7.06. The van der Waals surface area contributed by atoms with Gasteiger partial charge in [0.25, 0.3) is 11.6 Å². The number of amides is 2. The Morgan fingerprint density at radius 3 is 2.09 bits per heavy atom. The van der Waals surface area contributed by atoms with Gasteiger partial charge in [0, 0.05) is 23.3 Å². The van der Waals surface area contributed by atoms with Gasteiger partial charge in [-0.3, -0.25) is 24.6 Å². The number of carbonyl (C=O) groups excluding carboxylic acids is 2. The largest absolute Gasteiger partial charge is 0.334 e. The minimum atomic E-state index is -0.471. The first-order valence-electron chi connectivity index (χ1n) is 10.6. The van der Waals surface area contributed by atoms with E-state index in [1.165, 1.54) is 17.0 Å². The number of nitro groups is 1. The lowest BCUT2D eigenvalue weighted by Crippen LogP contribution is -2.32. The predicted molar refractivity (Wildman–Crippen MR) is 112 cm³/mol. The highest BCUT2D eigenvalue weighted by atomic mass is 16.6. The zero-order valence-electron chi connectivity index (χ0n) is 16.9. The highest BCUT2D eigenvalue weighted by molar-refractivity contribution is 6.22. The van der Waals surface area contributed by atoms with Crippen LogP contribution >= 0.6 is 0 Å². The maximum Gasteiger partial charge on any atom is 0.269 e. The Balaban J connectivity index is 1.24. The van der Waals surface area contributed by atoms with Crippen molar-refractivity contribution in [3.05, 3.63) is 58.6 Å². The molecule has 3 aliphatic rings. The molecule has 2 saturated carbocycles. The highest BCUT2D eigenvalue weighted by Gasteiger charge is 2.61. The maximum absolute atomic E-state index is 13.0. The summed E-state index contributed by atoms with van der Waals surface area (Å²) in [6.45, 7) is 0. The molecule has 1 aromatic heterocycles. The first-order valence-corrected chi connectivity index (χ1v) is 10.6. The van der Waals surface area contributed by atoms with Crippen LogP contribution in [0.3, 0.4) is 0 Å². The van der Waals surface area contributed by atoms with Crippen molar-refractivity contribution in [2.45, 2.75) is 19.3 Å². The van der Waals surface area contributed by atoms with Crippen molar-refractivity contribution in [1.82, 2.24) is 10.1 Å². The van der Waals surface area contributed by atoms with E-state index in [9.17, 15) is 19.7 Å². The van der Waals surface area contributed by atoms with Gasteiger partial charge in [-0.15, -0.1) is 0 Å². The molecule has 9 nitrogen and oxygen atoms in total. The molecule has 9 heteroatoms. The van der Waals surface area contributed by atoms with Gasteiger partial charge in [0.05, 0.1) is 22.4 Å². The van der Waals surface area contributed by atoms with Crippen LogP contribution in [0.15, 0.2) is 53.1 Å². The number of benzene rings is 2. The van der Waals surface area contributed by atoms with Gasteiger partial charge in [-0.2, -0.15) is 4.98 Å². The minimum Gasteiger partial charge on any atom is -0.334 e. The van der Waals surface area contributed by atoms with Crippen LogP contribution in [0.1, 0.15) is 19.3 Å². The molecule has 160 valence electrons. The number of non-ortho nitro benzene ring substituents is 1. The van der Waals surface area contributed by atoms with Gasteiger partial charge in [0.1, 0.15) is 0 Å². The van der Waals surface area contributed by atoms with Crippen LogP contribution < -0.4 is 4.90 Å². The lowest BCUT2D eigenvalue weighted by Gasteiger charge is -2.19. The quantitative estimate of drug-likeness (QED) is 0.350. The Morgan fingerprint density at radius 1 is 0.906 bits per heavy atom. The Labute approximate surface area is 182 Å². The molecule has 6 rings (SSSR count). The van der Waals surface area contributed by atoms with Crippen LogP contribution in [0.5, 0.6) is 0 Å². The number of fused-ring (bicyclic) bond motifs is 5. The van der Waals surface area contributed by atoms with Gasteiger partial charge < -0.3 is 4.52 Å². The molecule has 2 aromatic carbocycles. The van der Waals surface area contributed by atoms with Crippen LogP contribution in [0.25, 0.3) is 22.8 Å². The summed E-state index contributed by atoms with van der Waals surface area (Å²) >= 11 is 0. The number of hydrogen-bond donors (Lipinski definition) is 0. The summed E-state index contributed by atoms with van der Waals surface area (Å²) in [4.78, 5) is 42.0. The van der Waals surface area contributed by atoms with Crippen molar-refractivity contribution in [1.29, 1.82) is 0 Å². The fraction of sp³-hybridized carbons (Fsp3) is 0.304. The molecule has 0 spiro atoms. The van der Waals surface area contributed by atoms with Crippen LogP contribution in [0.4, 0.5) is 11.4 Å². The van der Waals surface area contributed by atoms with Crippen molar-refractivity contribution in [3.8, 4) is 22.8 Å². The molecule has 2 bridgehead atoms. The topological polar surface area (TPSA) is 119 Å². The Hall–Kier alpha value is -3.88. The van der Waals surface area contributed by atoms with E-state index >= 15 is 0 Å². The van der Waals surface area contributed by atoms with E-state index in [0.29, 0.717) is 34.5 Å². The molecule has 0 radical (unpaired) electrons. The number of imide groups is 1. The van der Waals surface area contributed by atoms with E-state index in [4.69, 9.17) is 4.52 Å². The van der Waals surface area contributed by atoms with E-state index in [0.717, 1.165) is 19.3 Å². The molecule has 1 aliphatic heterocycles. The second-order valence-corrected chi connectivity index (χ2v) is 8.67. The molecular weight excluding hydrogens is 412 g/mol. The number of nitro benzene ring substituents is 1. The van der Waals surface area contributed by atoms with Crippen LogP contribution in [0, 0.1) is 33.8 Å². The standard InChI is InChI=1S/C23H18N4O5/c28-22-18-14-1-2-15(11-14)19(18)23(29)26(22)16-7-5-13(6-8-16)21-24-20(25-32-21)12-3-9-17(10-4-12)27(30)31/h3-10,14-15,18-19H,1-2,11H2. The maximum atomic E-state index is 13.0. The van der Waals surface area contributed by atoms with Crippen LogP contribution in [0.2, 0.25) is 0 Å². The summed E-state index contributed by atoms with van der Waals surface area (Å²) in [5.41, 5.74) is 1.79. The molecule has 4 unspecified atom stereocenters. The van der Waals surface area contributed by atoms with Crippen LogP contribution in [-0.2, 0) is 9.59 Å². The molecule has 32 heavy (non-hydrogen) atoms. The Kier molecular flexibility index (Phi) is 4.01. The molecule has 0 N–H and O–H groups in total. The molecule has 3 aromatic rings. The van der Waals surface area contributed by atoms with E-state index in [2.05, 4.69) is 10.1 Å². The fourth-order valence-electron chi connectivity index (χ4n) is 5.61.